The zero-order valence-corrected chi connectivity index (χ0v) is 17.0. The third-order valence-electron chi connectivity index (χ3n) is 4.57. The maximum Gasteiger partial charge on any atom is 0.225 e. The van der Waals surface area contributed by atoms with E-state index in [4.69, 9.17) is 0 Å². The van der Waals surface area contributed by atoms with Crippen LogP contribution in [-0.4, -0.2) is 16.9 Å². The zero-order valence-electron chi connectivity index (χ0n) is 16.2. The van der Waals surface area contributed by atoms with Crippen molar-refractivity contribution in [3.05, 3.63) is 75.6 Å². The van der Waals surface area contributed by atoms with Crippen molar-refractivity contribution in [1.29, 1.82) is 0 Å². The van der Waals surface area contributed by atoms with Crippen molar-refractivity contribution in [1.82, 2.24) is 10.3 Å². The Balaban J connectivity index is 1.60. The summed E-state index contributed by atoms with van der Waals surface area (Å²) in [5.41, 5.74) is 4.53. The van der Waals surface area contributed by atoms with Gasteiger partial charge in [0.25, 0.3) is 0 Å². The van der Waals surface area contributed by atoms with Crippen LogP contribution in [0.25, 0.3) is 11.3 Å². The molecular weight excluding hydrogens is 352 g/mol. The Hall–Kier alpha value is -2.46. The number of nitrogens with one attached hydrogen (secondary N) is 1. The van der Waals surface area contributed by atoms with Crippen molar-refractivity contribution in [2.24, 2.45) is 0 Å². The van der Waals surface area contributed by atoms with E-state index in [0.29, 0.717) is 6.42 Å². The normalized spacial score (nSPS) is 12.0. The van der Waals surface area contributed by atoms with Crippen molar-refractivity contribution in [2.45, 2.75) is 46.1 Å². The molecule has 0 saturated carbocycles. The first-order chi connectivity index (χ1) is 13.0. The van der Waals surface area contributed by atoms with Gasteiger partial charge < -0.3 is 5.32 Å². The van der Waals surface area contributed by atoms with Gasteiger partial charge in [-0.25, -0.2) is 4.98 Å². The number of amides is 1. The summed E-state index contributed by atoms with van der Waals surface area (Å²) >= 11 is 1.61. The van der Waals surface area contributed by atoms with Gasteiger partial charge in [-0.3, -0.25) is 4.79 Å². The first kappa shape index (κ1) is 19.3. The molecule has 0 bridgehead atoms. The van der Waals surface area contributed by atoms with E-state index in [1.54, 1.807) is 11.3 Å². The maximum absolute atomic E-state index is 12.5. The van der Waals surface area contributed by atoms with E-state index in [1.165, 1.54) is 11.1 Å². The second-order valence-corrected chi connectivity index (χ2v) is 8.33. The number of benzene rings is 2. The van der Waals surface area contributed by atoms with Crippen LogP contribution in [0.2, 0.25) is 0 Å². The van der Waals surface area contributed by atoms with Crippen LogP contribution < -0.4 is 5.32 Å². The Morgan fingerprint density at radius 1 is 1.07 bits per heavy atom. The molecular formula is C23H26N2OS. The van der Waals surface area contributed by atoms with Crippen molar-refractivity contribution in [3.63, 3.8) is 0 Å². The van der Waals surface area contributed by atoms with Crippen LogP contribution in [0.5, 0.6) is 0 Å². The molecule has 0 aliphatic heterocycles. The third kappa shape index (κ3) is 5.51. The molecule has 0 aliphatic rings. The molecule has 1 amide bonds. The largest absolute Gasteiger partial charge is 0.353 e. The van der Waals surface area contributed by atoms with Crippen LogP contribution >= 0.6 is 11.3 Å². The van der Waals surface area contributed by atoms with Crippen LogP contribution in [-0.2, 0) is 17.6 Å². The zero-order chi connectivity index (χ0) is 19.2. The molecule has 2 aromatic carbocycles. The van der Waals surface area contributed by atoms with Gasteiger partial charge in [-0.2, -0.15) is 0 Å². The van der Waals surface area contributed by atoms with Gasteiger partial charge in [0.15, 0.2) is 0 Å². The Morgan fingerprint density at radius 2 is 1.78 bits per heavy atom. The number of nitrogens with zero attached hydrogens (tertiary/aromatic N) is 1. The monoisotopic (exact) mass is 378 g/mol. The van der Waals surface area contributed by atoms with Crippen molar-refractivity contribution >= 4 is 17.2 Å². The number of carbonyl (C=O) groups is 1. The number of aromatic nitrogens is 1. The maximum atomic E-state index is 12.5. The molecule has 140 valence electrons. The molecule has 4 heteroatoms. The number of carbonyl (C=O) groups excluding carboxylic acids is 1. The molecule has 3 rings (SSSR count). The molecule has 0 spiro atoms. The molecule has 3 aromatic rings. The summed E-state index contributed by atoms with van der Waals surface area (Å²) in [5.74, 6) is 0.0626. The highest BCUT2D eigenvalue weighted by atomic mass is 32.1. The van der Waals surface area contributed by atoms with Gasteiger partial charge in [-0.15, -0.1) is 11.3 Å². The second kappa shape index (κ2) is 8.96. The molecule has 1 N–H and O–H groups in total. The molecule has 1 aromatic heterocycles. The van der Waals surface area contributed by atoms with Crippen LogP contribution in [0.4, 0.5) is 0 Å². The van der Waals surface area contributed by atoms with Crippen molar-refractivity contribution in [3.8, 4) is 11.3 Å². The first-order valence-corrected chi connectivity index (χ1v) is 10.2. The molecule has 0 aliphatic carbocycles. The van der Waals surface area contributed by atoms with Gasteiger partial charge in [0.05, 0.1) is 17.1 Å². The lowest BCUT2D eigenvalue weighted by atomic mass is 10.1. The number of thiazole rings is 1. The number of hydrogen-bond donors (Lipinski definition) is 1. The van der Waals surface area contributed by atoms with E-state index < -0.39 is 0 Å². The molecule has 3 nitrogen and oxygen atoms in total. The predicted octanol–water partition coefficient (Wildman–Crippen LogP) is 5.11. The van der Waals surface area contributed by atoms with Crippen LogP contribution in [0.15, 0.2) is 54.6 Å². The number of hydrogen-bond acceptors (Lipinski definition) is 3. The van der Waals surface area contributed by atoms with Gasteiger partial charge >= 0.3 is 0 Å². The van der Waals surface area contributed by atoms with Gasteiger partial charge in [-0.1, -0.05) is 60.2 Å². The minimum atomic E-state index is 0.0626. The van der Waals surface area contributed by atoms with E-state index in [2.05, 4.69) is 72.7 Å². The predicted molar refractivity (Wildman–Crippen MR) is 113 cm³/mol. The first-order valence-electron chi connectivity index (χ1n) is 9.38. The summed E-state index contributed by atoms with van der Waals surface area (Å²) in [6.45, 7) is 6.13. The van der Waals surface area contributed by atoms with E-state index >= 15 is 0 Å². The van der Waals surface area contributed by atoms with Gasteiger partial charge in [0, 0.05) is 16.5 Å². The molecule has 0 saturated heterocycles. The molecule has 1 heterocycles. The summed E-state index contributed by atoms with van der Waals surface area (Å²) in [6.07, 6.45) is 2.28. The summed E-state index contributed by atoms with van der Waals surface area (Å²) in [5, 5.41) is 4.13. The molecule has 0 radical (unpaired) electrons. The standard InChI is InChI=1S/C23H26N2OS/c1-16-9-13-20(14-10-16)23-21(27-18(3)25-23)15-22(26)24-17(2)11-12-19-7-5-4-6-8-19/h4-10,13-14,17H,11-12,15H2,1-3H3,(H,24,26)/t17-/m1/s1. The Labute approximate surface area is 165 Å². The van der Waals surface area contributed by atoms with Gasteiger partial charge in [0.1, 0.15) is 0 Å². The molecule has 1 atom stereocenters. The number of aryl methyl sites for hydroxylation is 3. The molecule has 0 unspecified atom stereocenters. The van der Waals surface area contributed by atoms with Crippen molar-refractivity contribution in [2.75, 3.05) is 0 Å². The van der Waals surface area contributed by atoms with E-state index in [1.807, 2.05) is 13.0 Å². The Kier molecular flexibility index (Phi) is 6.40. The highest BCUT2D eigenvalue weighted by molar-refractivity contribution is 7.12. The number of rotatable bonds is 7. The fourth-order valence-electron chi connectivity index (χ4n) is 3.10. The Bertz CT molecular complexity index is 885. The van der Waals surface area contributed by atoms with Crippen LogP contribution in [0.1, 0.15) is 34.4 Å². The summed E-state index contributed by atoms with van der Waals surface area (Å²) < 4.78 is 0. The van der Waals surface area contributed by atoms with E-state index in [0.717, 1.165) is 34.0 Å². The van der Waals surface area contributed by atoms with Gasteiger partial charge in [-0.05, 0) is 39.2 Å². The van der Waals surface area contributed by atoms with E-state index in [-0.39, 0.29) is 11.9 Å². The fourth-order valence-corrected chi connectivity index (χ4v) is 4.05. The molecule has 27 heavy (non-hydrogen) atoms. The lowest BCUT2D eigenvalue weighted by Crippen LogP contribution is -2.33. The highest BCUT2D eigenvalue weighted by Gasteiger charge is 2.16. The average Bonchev–Trinajstić information content (AvgIpc) is 3.01. The van der Waals surface area contributed by atoms with Gasteiger partial charge in [0.2, 0.25) is 5.91 Å². The SMILES string of the molecule is Cc1ccc(-c2nc(C)sc2CC(=O)N[C@H](C)CCc2ccccc2)cc1. The summed E-state index contributed by atoms with van der Waals surface area (Å²) in [4.78, 5) is 18.2. The van der Waals surface area contributed by atoms with Crippen LogP contribution in [0, 0.1) is 13.8 Å². The highest BCUT2D eigenvalue weighted by Crippen LogP contribution is 2.28. The lowest BCUT2D eigenvalue weighted by molar-refractivity contribution is -0.121. The van der Waals surface area contributed by atoms with Crippen LogP contribution in [0.3, 0.4) is 0 Å². The Morgan fingerprint density at radius 3 is 2.48 bits per heavy atom. The third-order valence-corrected chi connectivity index (χ3v) is 5.54. The average molecular weight is 379 g/mol. The minimum Gasteiger partial charge on any atom is -0.353 e. The quantitative estimate of drug-likeness (QED) is 0.621. The summed E-state index contributed by atoms with van der Waals surface area (Å²) in [6, 6.07) is 18.9. The van der Waals surface area contributed by atoms with E-state index in [9.17, 15) is 4.79 Å². The lowest BCUT2D eigenvalue weighted by Gasteiger charge is -2.14. The minimum absolute atomic E-state index is 0.0626. The topological polar surface area (TPSA) is 42.0 Å². The van der Waals surface area contributed by atoms with Crippen molar-refractivity contribution < 1.29 is 4.79 Å². The fraction of sp³-hybridized carbons (Fsp3) is 0.304. The molecule has 0 fully saturated rings. The summed E-state index contributed by atoms with van der Waals surface area (Å²) in [7, 11) is 0. The smallest absolute Gasteiger partial charge is 0.225 e. The second-order valence-electron chi connectivity index (χ2n) is 7.04.